The average molecular weight is 275 g/mol. The molecule has 20 heavy (non-hydrogen) atoms. The van der Waals surface area contributed by atoms with Crippen molar-refractivity contribution in [1.29, 1.82) is 0 Å². The number of nitrogen functional groups attached to an aromatic ring is 1. The molecule has 2 aromatic rings. The van der Waals surface area contributed by atoms with Crippen molar-refractivity contribution in [3.63, 3.8) is 0 Å². The molecule has 1 aliphatic rings. The highest BCUT2D eigenvalue weighted by Crippen LogP contribution is 2.22. The highest BCUT2D eigenvalue weighted by Gasteiger charge is 2.24. The van der Waals surface area contributed by atoms with Gasteiger partial charge in [0, 0.05) is 19.1 Å². The molecule has 0 amide bonds. The predicted molar refractivity (Wildman–Crippen MR) is 79.4 cm³/mol. The molecular weight excluding hydrogens is 254 g/mol. The molecule has 2 aromatic heterocycles. The Labute approximate surface area is 118 Å². The minimum Gasteiger partial charge on any atom is -0.369 e. The Kier molecular flexibility index (Phi) is 3.43. The maximum atomic E-state index is 5.71. The number of nitrogens with two attached hydrogens (primary N) is 1. The van der Waals surface area contributed by atoms with Crippen molar-refractivity contribution in [3.8, 4) is 0 Å². The summed E-state index contributed by atoms with van der Waals surface area (Å²) < 4.78 is 0. The summed E-state index contributed by atoms with van der Waals surface area (Å²) in [6.07, 6.45) is 2.95. The lowest BCUT2D eigenvalue weighted by molar-refractivity contribution is 0.266. The SMILES string of the molecule is CC(C)N1CCC(CNc2nc(N)nc3[nH]ncc23)C1. The third-order valence-electron chi connectivity index (χ3n) is 3.93. The van der Waals surface area contributed by atoms with Gasteiger partial charge in [0.05, 0.1) is 11.6 Å². The molecule has 3 rings (SSSR count). The van der Waals surface area contributed by atoms with Crippen LogP contribution in [0.5, 0.6) is 0 Å². The van der Waals surface area contributed by atoms with E-state index < -0.39 is 0 Å². The largest absolute Gasteiger partial charge is 0.369 e. The zero-order chi connectivity index (χ0) is 14.1. The number of likely N-dealkylation sites (tertiary alicyclic amines) is 1. The molecular formula is C13H21N7. The van der Waals surface area contributed by atoms with Crippen LogP contribution in [0, 0.1) is 5.92 Å². The smallest absolute Gasteiger partial charge is 0.224 e. The lowest BCUT2D eigenvalue weighted by Gasteiger charge is -2.20. The second-order valence-electron chi connectivity index (χ2n) is 5.69. The molecule has 108 valence electrons. The lowest BCUT2D eigenvalue weighted by Crippen LogP contribution is -2.29. The molecule has 0 saturated carbocycles. The van der Waals surface area contributed by atoms with Crippen LogP contribution in [0.15, 0.2) is 6.20 Å². The van der Waals surface area contributed by atoms with Crippen molar-refractivity contribution in [2.75, 3.05) is 30.7 Å². The van der Waals surface area contributed by atoms with E-state index in [9.17, 15) is 0 Å². The highest BCUT2D eigenvalue weighted by atomic mass is 15.2. The van der Waals surface area contributed by atoms with Crippen LogP contribution in [0.1, 0.15) is 20.3 Å². The summed E-state index contributed by atoms with van der Waals surface area (Å²) in [6, 6.07) is 0.621. The van der Waals surface area contributed by atoms with Gasteiger partial charge < -0.3 is 16.0 Å². The third-order valence-corrected chi connectivity index (χ3v) is 3.93. The molecule has 7 heteroatoms. The molecule has 1 atom stereocenters. The second-order valence-corrected chi connectivity index (χ2v) is 5.69. The summed E-state index contributed by atoms with van der Waals surface area (Å²) in [4.78, 5) is 10.9. The van der Waals surface area contributed by atoms with Gasteiger partial charge in [0.2, 0.25) is 5.95 Å². The van der Waals surface area contributed by atoms with Gasteiger partial charge in [-0.1, -0.05) is 0 Å². The summed E-state index contributed by atoms with van der Waals surface area (Å²) in [6.45, 7) is 7.71. The maximum absolute atomic E-state index is 5.71. The highest BCUT2D eigenvalue weighted by molar-refractivity contribution is 5.86. The lowest BCUT2D eigenvalue weighted by atomic mass is 10.1. The molecule has 7 nitrogen and oxygen atoms in total. The monoisotopic (exact) mass is 275 g/mol. The number of aromatic nitrogens is 4. The Morgan fingerprint density at radius 1 is 1.50 bits per heavy atom. The first kappa shape index (κ1) is 13.1. The summed E-state index contributed by atoms with van der Waals surface area (Å²) in [7, 11) is 0. The fraction of sp³-hybridized carbons (Fsp3) is 0.615. The number of H-pyrrole nitrogens is 1. The van der Waals surface area contributed by atoms with E-state index in [-0.39, 0.29) is 5.95 Å². The zero-order valence-corrected chi connectivity index (χ0v) is 11.9. The molecule has 1 aliphatic heterocycles. The van der Waals surface area contributed by atoms with Gasteiger partial charge in [-0.3, -0.25) is 5.10 Å². The van der Waals surface area contributed by atoms with E-state index in [1.807, 2.05) is 0 Å². The van der Waals surface area contributed by atoms with Crippen LogP contribution in [-0.4, -0.2) is 50.7 Å². The van der Waals surface area contributed by atoms with E-state index in [2.05, 4.69) is 44.2 Å². The summed E-state index contributed by atoms with van der Waals surface area (Å²) in [5.74, 6) is 1.68. The summed E-state index contributed by atoms with van der Waals surface area (Å²) in [5, 5.41) is 11.1. The predicted octanol–water partition coefficient (Wildman–Crippen LogP) is 1.08. The van der Waals surface area contributed by atoms with Crippen molar-refractivity contribution < 1.29 is 0 Å². The molecule has 0 aliphatic carbocycles. The molecule has 1 saturated heterocycles. The molecule has 0 bridgehead atoms. The van der Waals surface area contributed by atoms with Crippen LogP contribution < -0.4 is 11.1 Å². The Hall–Kier alpha value is -1.89. The molecule has 4 N–H and O–H groups in total. The van der Waals surface area contributed by atoms with Gasteiger partial charge in [0.25, 0.3) is 0 Å². The van der Waals surface area contributed by atoms with Gasteiger partial charge in [-0.15, -0.1) is 0 Å². The standard InChI is InChI=1S/C13H21N7/c1-8(2)20-4-3-9(7-20)5-15-11-10-6-16-19-12(10)18-13(14)17-11/h6,8-9H,3-5,7H2,1-2H3,(H4,14,15,16,17,18,19). The van der Waals surface area contributed by atoms with E-state index in [1.54, 1.807) is 6.20 Å². The fourth-order valence-electron chi connectivity index (χ4n) is 2.73. The fourth-order valence-corrected chi connectivity index (χ4v) is 2.73. The number of fused-ring (bicyclic) bond motifs is 1. The average Bonchev–Trinajstić information content (AvgIpc) is 3.04. The van der Waals surface area contributed by atoms with E-state index in [0.717, 1.165) is 24.3 Å². The number of nitrogens with one attached hydrogen (secondary N) is 2. The number of rotatable bonds is 4. The molecule has 1 unspecified atom stereocenters. The quantitative estimate of drug-likeness (QED) is 0.772. The van der Waals surface area contributed by atoms with Crippen LogP contribution in [0.2, 0.25) is 0 Å². The van der Waals surface area contributed by atoms with Crippen molar-refractivity contribution in [2.45, 2.75) is 26.3 Å². The van der Waals surface area contributed by atoms with Gasteiger partial charge in [0.15, 0.2) is 5.65 Å². The second kappa shape index (κ2) is 5.24. The van der Waals surface area contributed by atoms with Crippen LogP contribution >= 0.6 is 0 Å². The summed E-state index contributed by atoms with van der Waals surface area (Å²) >= 11 is 0. The minimum atomic E-state index is 0.263. The van der Waals surface area contributed by atoms with E-state index in [4.69, 9.17) is 5.73 Å². The van der Waals surface area contributed by atoms with Crippen molar-refractivity contribution >= 4 is 22.8 Å². The molecule has 0 aromatic carbocycles. The zero-order valence-electron chi connectivity index (χ0n) is 11.9. The summed E-state index contributed by atoms with van der Waals surface area (Å²) in [5.41, 5.74) is 6.39. The van der Waals surface area contributed by atoms with Gasteiger partial charge in [0.1, 0.15) is 5.82 Å². The van der Waals surface area contributed by atoms with Crippen molar-refractivity contribution in [2.24, 2.45) is 5.92 Å². The minimum absolute atomic E-state index is 0.263. The van der Waals surface area contributed by atoms with Crippen molar-refractivity contribution in [1.82, 2.24) is 25.1 Å². The number of hydrogen-bond donors (Lipinski definition) is 3. The number of aromatic amines is 1. The number of hydrogen-bond acceptors (Lipinski definition) is 6. The van der Waals surface area contributed by atoms with Gasteiger partial charge >= 0.3 is 0 Å². The van der Waals surface area contributed by atoms with Gasteiger partial charge in [-0.2, -0.15) is 15.1 Å². The van der Waals surface area contributed by atoms with Crippen molar-refractivity contribution in [3.05, 3.63) is 6.20 Å². The van der Waals surface area contributed by atoms with E-state index in [1.165, 1.54) is 13.0 Å². The Morgan fingerprint density at radius 2 is 2.35 bits per heavy atom. The molecule has 1 fully saturated rings. The first-order valence-corrected chi connectivity index (χ1v) is 7.08. The van der Waals surface area contributed by atoms with Crippen LogP contribution in [-0.2, 0) is 0 Å². The van der Waals surface area contributed by atoms with E-state index >= 15 is 0 Å². The first-order chi connectivity index (χ1) is 9.63. The Bertz CT molecular complexity index is 591. The third kappa shape index (κ3) is 2.53. The maximum Gasteiger partial charge on any atom is 0.224 e. The Balaban J connectivity index is 1.67. The Morgan fingerprint density at radius 3 is 3.10 bits per heavy atom. The molecule has 0 spiro atoms. The van der Waals surface area contributed by atoms with Crippen LogP contribution in [0.3, 0.4) is 0 Å². The molecule has 0 radical (unpaired) electrons. The molecule has 3 heterocycles. The number of anilines is 2. The topological polar surface area (TPSA) is 95.7 Å². The van der Waals surface area contributed by atoms with Crippen LogP contribution in [0.4, 0.5) is 11.8 Å². The van der Waals surface area contributed by atoms with Gasteiger partial charge in [-0.25, -0.2) is 0 Å². The van der Waals surface area contributed by atoms with Gasteiger partial charge in [-0.05, 0) is 32.7 Å². The number of nitrogens with zero attached hydrogens (tertiary/aromatic N) is 4. The normalized spacial score (nSPS) is 20.1. The first-order valence-electron chi connectivity index (χ1n) is 7.08. The van der Waals surface area contributed by atoms with Crippen LogP contribution in [0.25, 0.3) is 11.0 Å². The van der Waals surface area contributed by atoms with E-state index in [0.29, 0.717) is 17.6 Å².